The van der Waals surface area contributed by atoms with Crippen LogP contribution in [0.3, 0.4) is 0 Å². The van der Waals surface area contributed by atoms with Gasteiger partial charge in [0.1, 0.15) is 5.78 Å². The predicted molar refractivity (Wildman–Crippen MR) is 55.2 cm³/mol. The Labute approximate surface area is 76.9 Å². The SMILES string of the molecule is C.CC/C=C\CC(=O)C(C)(C)C. The lowest BCUT2D eigenvalue weighted by Crippen LogP contribution is -2.18. The van der Waals surface area contributed by atoms with E-state index in [-0.39, 0.29) is 12.8 Å². The smallest absolute Gasteiger partial charge is 0.141 e. The maximum absolute atomic E-state index is 11.3. The van der Waals surface area contributed by atoms with Crippen LogP contribution in [0.25, 0.3) is 0 Å². The van der Waals surface area contributed by atoms with E-state index in [9.17, 15) is 4.79 Å². The third-order valence-corrected chi connectivity index (χ3v) is 1.54. The van der Waals surface area contributed by atoms with Gasteiger partial charge in [-0.2, -0.15) is 0 Å². The van der Waals surface area contributed by atoms with E-state index in [1.165, 1.54) is 0 Å². The summed E-state index contributed by atoms with van der Waals surface area (Å²) in [7, 11) is 0. The maximum atomic E-state index is 11.3. The van der Waals surface area contributed by atoms with E-state index in [4.69, 9.17) is 0 Å². The Hall–Kier alpha value is -0.590. The highest BCUT2D eigenvalue weighted by Crippen LogP contribution is 2.16. The molecule has 0 aliphatic carbocycles. The van der Waals surface area contributed by atoms with Gasteiger partial charge in [-0.05, 0) is 6.42 Å². The molecule has 0 fully saturated rings. The predicted octanol–water partition coefficient (Wildman–Crippen LogP) is 3.59. The minimum atomic E-state index is -0.182. The van der Waals surface area contributed by atoms with Gasteiger partial charge in [-0.3, -0.25) is 4.79 Å². The molecule has 0 aliphatic rings. The number of hydrogen-bond acceptors (Lipinski definition) is 1. The molecule has 0 N–H and O–H groups in total. The summed E-state index contributed by atoms with van der Waals surface area (Å²) in [5, 5.41) is 0. The molecule has 0 atom stereocenters. The highest BCUT2D eigenvalue weighted by Gasteiger charge is 2.18. The van der Waals surface area contributed by atoms with Gasteiger partial charge in [-0.15, -0.1) is 0 Å². The molecule has 0 heterocycles. The Balaban J connectivity index is 0. The number of allylic oxidation sites excluding steroid dienone is 2. The number of rotatable bonds is 3. The van der Waals surface area contributed by atoms with Crippen LogP contribution in [-0.4, -0.2) is 5.78 Å². The van der Waals surface area contributed by atoms with Crippen molar-refractivity contribution < 1.29 is 4.79 Å². The first-order valence-corrected chi connectivity index (χ1v) is 4.16. The molecule has 72 valence electrons. The molecule has 0 radical (unpaired) electrons. The summed E-state index contributed by atoms with van der Waals surface area (Å²) in [6, 6.07) is 0. The lowest BCUT2D eigenvalue weighted by atomic mass is 9.89. The van der Waals surface area contributed by atoms with E-state index in [2.05, 4.69) is 6.92 Å². The molecule has 0 saturated carbocycles. The van der Waals surface area contributed by atoms with Crippen molar-refractivity contribution in [2.45, 2.75) is 48.0 Å². The molecule has 0 unspecified atom stereocenters. The van der Waals surface area contributed by atoms with E-state index in [0.717, 1.165) is 6.42 Å². The normalized spacial score (nSPS) is 11.3. The van der Waals surface area contributed by atoms with Crippen molar-refractivity contribution >= 4 is 5.78 Å². The summed E-state index contributed by atoms with van der Waals surface area (Å²) in [4.78, 5) is 11.3. The van der Waals surface area contributed by atoms with Crippen LogP contribution < -0.4 is 0 Å². The highest BCUT2D eigenvalue weighted by atomic mass is 16.1. The monoisotopic (exact) mass is 170 g/mol. The molecular formula is C11H22O. The van der Waals surface area contributed by atoms with Gasteiger partial charge < -0.3 is 0 Å². The van der Waals surface area contributed by atoms with Crippen LogP contribution in [0.5, 0.6) is 0 Å². The second kappa shape index (κ2) is 5.99. The minimum absolute atomic E-state index is 0. The Kier molecular flexibility index (Phi) is 6.96. The average molecular weight is 170 g/mol. The Bertz CT molecular complexity index is 149. The number of ketones is 1. The van der Waals surface area contributed by atoms with E-state index in [0.29, 0.717) is 12.2 Å². The lowest BCUT2D eigenvalue weighted by molar-refractivity contribution is -0.125. The zero-order chi connectivity index (χ0) is 8.91. The Morgan fingerprint density at radius 3 is 2.08 bits per heavy atom. The maximum Gasteiger partial charge on any atom is 0.141 e. The van der Waals surface area contributed by atoms with Crippen molar-refractivity contribution in [1.29, 1.82) is 0 Å². The molecule has 1 nitrogen and oxygen atoms in total. The summed E-state index contributed by atoms with van der Waals surface area (Å²) in [6.07, 6.45) is 5.58. The molecule has 1 heteroatoms. The molecule has 0 aromatic carbocycles. The van der Waals surface area contributed by atoms with Crippen molar-refractivity contribution in [3.05, 3.63) is 12.2 Å². The van der Waals surface area contributed by atoms with Gasteiger partial charge in [-0.1, -0.05) is 47.3 Å². The fourth-order valence-electron chi connectivity index (χ4n) is 0.663. The summed E-state index contributed by atoms with van der Waals surface area (Å²) in [5.41, 5.74) is -0.182. The third-order valence-electron chi connectivity index (χ3n) is 1.54. The summed E-state index contributed by atoms with van der Waals surface area (Å²) in [5.74, 6) is 0.308. The molecule has 0 amide bonds. The van der Waals surface area contributed by atoms with Gasteiger partial charge in [0, 0.05) is 11.8 Å². The number of carbonyl (C=O) groups excluding carboxylic acids is 1. The van der Waals surface area contributed by atoms with E-state index >= 15 is 0 Å². The van der Waals surface area contributed by atoms with Crippen LogP contribution in [-0.2, 0) is 4.79 Å². The van der Waals surface area contributed by atoms with E-state index in [1.807, 2.05) is 32.9 Å². The molecule has 0 aromatic heterocycles. The second-order valence-corrected chi connectivity index (χ2v) is 3.76. The van der Waals surface area contributed by atoms with Crippen molar-refractivity contribution in [2.24, 2.45) is 5.41 Å². The molecule has 0 spiro atoms. The van der Waals surface area contributed by atoms with Crippen LogP contribution in [0.4, 0.5) is 0 Å². The van der Waals surface area contributed by atoms with Gasteiger partial charge in [0.2, 0.25) is 0 Å². The minimum Gasteiger partial charge on any atom is -0.299 e. The number of Topliss-reactive ketones (excluding diaryl/α,β-unsaturated/α-hetero) is 1. The van der Waals surface area contributed by atoms with Crippen LogP contribution in [0, 0.1) is 5.41 Å². The zero-order valence-corrected chi connectivity index (χ0v) is 7.98. The zero-order valence-electron chi connectivity index (χ0n) is 7.98. The van der Waals surface area contributed by atoms with Gasteiger partial charge in [0.05, 0.1) is 0 Å². The first-order chi connectivity index (χ1) is 4.98. The van der Waals surface area contributed by atoms with Crippen LogP contribution in [0.1, 0.15) is 48.0 Å². The fourth-order valence-corrected chi connectivity index (χ4v) is 0.663. The topological polar surface area (TPSA) is 17.1 Å². The Morgan fingerprint density at radius 1 is 1.25 bits per heavy atom. The largest absolute Gasteiger partial charge is 0.299 e. The van der Waals surface area contributed by atoms with Crippen molar-refractivity contribution in [1.82, 2.24) is 0 Å². The summed E-state index contributed by atoms with van der Waals surface area (Å²) < 4.78 is 0. The molecule has 0 saturated heterocycles. The van der Waals surface area contributed by atoms with Gasteiger partial charge in [0.15, 0.2) is 0 Å². The Morgan fingerprint density at radius 2 is 1.75 bits per heavy atom. The fraction of sp³-hybridized carbons (Fsp3) is 0.727. The highest BCUT2D eigenvalue weighted by molar-refractivity contribution is 5.84. The molecular weight excluding hydrogens is 148 g/mol. The molecule has 0 aromatic rings. The first-order valence-electron chi connectivity index (χ1n) is 4.16. The average Bonchev–Trinajstić information content (AvgIpc) is 1.86. The van der Waals surface area contributed by atoms with Crippen LogP contribution >= 0.6 is 0 Å². The first kappa shape index (κ1) is 14.0. The van der Waals surface area contributed by atoms with Crippen molar-refractivity contribution in [3.63, 3.8) is 0 Å². The summed E-state index contributed by atoms with van der Waals surface area (Å²) in [6.45, 7) is 7.93. The summed E-state index contributed by atoms with van der Waals surface area (Å²) >= 11 is 0. The standard InChI is InChI=1S/C10H18O.CH4/c1-5-6-7-8-9(11)10(2,3)4;/h6-7H,5,8H2,1-4H3;1H4/b7-6-;. The molecule has 12 heavy (non-hydrogen) atoms. The number of carbonyl (C=O) groups is 1. The molecule has 0 aliphatic heterocycles. The second-order valence-electron chi connectivity index (χ2n) is 3.76. The van der Waals surface area contributed by atoms with Gasteiger partial charge in [0.25, 0.3) is 0 Å². The quantitative estimate of drug-likeness (QED) is 0.591. The van der Waals surface area contributed by atoms with Crippen LogP contribution in [0.2, 0.25) is 0 Å². The number of hydrogen-bond donors (Lipinski definition) is 0. The van der Waals surface area contributed by atoms with Crippen molar-refractivity contribution in [2.75, 3.05) is 0 Å². The van der Waals surface area contributed by atoms with Gasteiger partial charge >= 0.3 is 0 Å². The van der Waals surface area contributed by atoms with E-state index < -0.39 is 0 Å². The molecule has 0 bridgehead atoms. The van der Waals surface area contributed by atoms with Crippen molar-refractivity contribution in [3.8, 4) is 0 Å². The third kappa shape index (κ3) is 6.14. The lowest BCUT2D eigenvalue weighted by Gasteiger charge is -2.14. The molecule has 0 rings (SSSR count). The van der Waals surface area contributed by atoms with Gasteiger partial charge in [-0.25, -0.2) is 0 Å². The van der Waals surface area contributed by atoms with Crippen LogP contribution in [0.15, 0.2) is 12.2 Å². The van der Waals surface area contributed by atoms with E-state index in [1.54, 1.807) is 0 Å².